The number of benzene rings is 3. The molecule has 0 radical (unpaired) electrons. The smallest absolute Gasteiger partial charge is 0.236 e. The summed E-state index contributed by atoms with van der Waals surface area (Å²) < 4.78 is 6.68. The summed E-state index contributed by atoms with van der Waals surface area (Å²) in [5, 5.41) is 7.68. The Bertz CT molecular complexity index is 1310. The fraction of sp³-hybridized carbons (Fsp3) is 0.259. The van der Waals surface area contributed by atoms with Gasteiger partial charge in [-0.05, 0) is 87.4 Å². The van der Waals surface area contributed by atoms with Crippen LogP contribution in [0.4, 0.5) is 11.4 Å². The number of rotatable bonds is 3. The summed E-state index contributed by atoms with van der Waals surface area (Å²) in [5.74, 6) is -0.00433. The van der Waals surface area contributed by atoms with Gasteiger partial charge in [0, 0.05) is 16.3 Å². The molecule has 3 aromatic carbocycles. The Morgan fingerprint density at radius 3 is 2.59 bits per heavy atom. The van der Waals surface area contributed by atoms with Crippen LogP contribution < -0.4 is 20.3 Å². The number of carbonyl (C=O) groups is 1. The Morgan fingerprint density at radius 2 is 1.85 bits per heavy atom. The van der Waals surface area contributed by atoms with E-state index < -0.39 is 11.6 Å². The Hall–Kier alpha value is -3.09. The van der Waals surface area contributed by atoms with E-state index in [1.54, 1.807) is 24.3 Å². The number of hydrogen-bond acceptors (Lipinski definition) is 3. The lowest BCUT2D eigenvalue weighted by atomic mass is 9.78. The van der Waals surface area contributed by atoms with Gasteiger partial charge in [-0.25, -0.2) is 0 Å². The van der Waals surface area contributed by atoms with Gasteiger partial charge in [-0.3, -0.25) is 9.69 Å². The second-order valence-corrected chi connectivity index (χ2v) is 9.98. The number of fused-ring (bicyclic) bond motifs is 4. The highest BCUT2D eigenvalue weighted by Crippen LogP contribution is 2.50. The van der Waals surface area contributed by atoms with Gasteiger partial charge < -0.3 is 15.4 Å². The van der Waals surface area contributed by atoms with Crippen molar-refractivity contribution < 1.29 is 9.53 Å². The van der Waals surface area contributed by atoms with E-state index in [1.165, 1.54) is 0 Å². The van der Waals surface area contributed by atoms with Crippen LogP contribution in [0.5, 0.6) is 5.75 Å². The van der Waals surface area contributed by atoms with Gasteiger partial charge in [-0.1, -0.05) is 41.4 Å². The van der Waals surface area contributed by atoms with Crippen LogP contribution in [0.2, 0.25) is 5.02 Å². The summed E-state index contributed by atoms with van der Waals surface area (Å²) in [5.41, 5.74) is 4.78. The first kappa shape index (κ1) is 22.7. The number of nitrogens with zero attached hydrogens (tertiary/aromatic N) is 1. The molecule has 1 amide bonds. The zero-order chi connectivity index (χ0) is 24.2. The summed E-state index contributed by atoms with van der Waals surface area (Å²) >= 11 is 11.9. The number of hydrogen-bond donors (Lipinski definition) is 2. The van der Waals surface area contributed by atoms with Crippen LogP contribution in [0, 0.1) is 26.7 Å². The molecule has 2 heterocycles. The minimum Gasteiger partial charge on any atom is -0.467 e. The summed E-state index contributed by atoms with van der Waals surface area (Å²) in [4.78, 5) is 15.8. The Morgan fingerprint density at radius 1 is 1.12 bits per heavy atom. The highest BCUT2D eigenvalue weighted by atomic mass is 35.5. The zero-order valence-electron chi connectivity index (χ0n) is 19.5. The number of carbonyl (C=O) groups excluding carboxylic acids is 1. The van der Waals surface area contributed by atoms with E-state index in [2.05, 4.69) is 36.6 Å². The molecule has 174 valence electrons. The predicted octanol–water partition coefficient (Wildman–Crippen LogP) is 6.06. The minimum absolute atomic E-state index is 0.160. The molecule has 0 aliphatic carbocycles. The molecule has 0 saturated carbocycles. The van der Waals surface area contributed by atoms with Crippen molar-refractivity contribution in [2.45, 2.75) is 39.5 Å². The first-order valence-corrected chi connectivity index (χ1v) is 12.0. The van der Waals surface area contributed by atoms with Crippen LogP contribution in [0.1, 0.15) is 35.2 Å². The molecule has 34 heavy (non-hydrogen) atoms. The number of anilines is 2. The monoisotopic (exact) mass is 491 g/mol. The molecule has 2 bridgehead atoms. The van der Waals surface area contributed by atoms with Crippen LogP contribution >= 0.6 is 23.8 Å². The molecule has 0 aromatic heterocycles. The van der Waals surface area contributed by atoms with Crippen molar-refractivity contribution in [3.63, 3.8) is 0 Å². The SMILES string of the molecule is Cc1ccc2c(c1)C1NC(=S)N(c3cccc(C)c3C)C(C)(O2)C1C(=O)Nc1ccc(Cl)cc1. The van der Waals surface area contributed by atoms with E-state index in [9.17, 15) is 4.79 Å². The summed E-state index contributed by atoms with van der Waals surface area (Å²) in [6.07, 6.45) is 0. The largest absolute Gasteiger partial charge is 0.467 e. The van der Waals surface area contributed by atoms with Crippen LogP contribution in [0.15, 0.2) is 60.7 Å². The number of nitrogens with one attached hydrogen (secondary N) is 2. The fourth-order valence-electron chi connectivity index (χ4n) is 5.00. The first-order chi connectivity index (χ1) is 16.2. The molecule has 5 rings (SSSR count). The van der Waals surface area contributed by atoms with Crippen molar-refractivity contribution in [2.24, 2.45) is 5.92 Å². The lowest BCUT2D eigenvalue weighted by Gasteiger charge is -2.56. The summed E-state index contributed by atoms with van der Waals surface area (Å²) in [6.45, 7) is 8.10. The number of aryl methyl sites for hydroxylation is 2. The Balaban J connectivity index is 1.65. The van der Waals surface area contributed by atoms with E-state index in [4.69, 9.17) is 28.6 Å². The van der Waals surface area contributed by atoms with Gasteiger partial charge in [0.15, 0.2) is 10.8 Å². The third-order valence-electron chi connectivity index (χ3n) is 6.86. The van der Waals surface area contributed by atoms with Gasteiger partial charge in [-0.2, -0.15) is 0 Å². The second-order valence-electron chi connectivity index (χ2n) is 9.15. The molecule has 1 saturated heterocycles. The predicted molar refractivity (Wildman–Crippen MR) is 141 cm³/mol. The average molecular weight is 492 g/mol. The van der Waals surface area contributed by atoms with E-state index in [0.717, 1.165) is 33.7 Å². The van der Waals surface area contributed by atoms with Gasteiger partial charge in [0.1, 0.15) is 11.7 Å². The van der Waals surface area contributed by atoms with E-state index >= 15 is 0 Å². The van der Waals surface area contributed by atoms with E-state index in [1.807, 2.05) is 43.0 Å². The molecule has 7 heteroatoms. The molecular formula is C27H26ClN3O2S. The lowest BCUT2D eigenvalue weighted by Crippen LogP contribution is -2.72. The molecule has 3 atom stereocenters. The maximum Gasteiger partial charge on any atom is 0.236 e. The third-order valence-corrected chi connectivity index (χ3v) is 7.42. The highest BCUT2D eigenvalue weighted by Gasteiger charge is 2.59. The number of amides is 1. The van der Waals surface area contributed by atoms with E-state index in [-0.39, 0.29) is 11.9 Å². The molecule has 5 nitrogen and oxygen atoms in total. The fourth-order valence-corrected chi connectivity index (χ4v) is 5.53. The van der Waals surface area contributed by atoms with E-state index in [0.29, 0.717) is 15.8 Å². The molecule has 2 N–H and O–H groups in total. The number of ether oxygens (including phenoxy) is 1. The normalized spacial score (nSPS) is 23.0. The third kappa shape index (κ3) is 3.62. The standard InChI is InChI=1S/C27H26ClN3O2S/c1-15-8-13-22-20(14-15)24-23(25(32)29-19-11-9-18(28)10-12-19)27(4,33-22)31(26(34)30-24)21-7-5-6-16(2)17(21)3/h5-14,23-24H,1-4H3,(H,29,32)(H,30,34). The highest BCUT2D eigenvalue weighted by molar-refractivity contribution is 7.80. The molecular weight excluding hydrogens is 466 g/mol. The van der Waals surface area contributed by atoms with Crippen molar-refractivity contribution in [1.29, 1.82) is 0 Å². The van der Waals surface area contributed by atoms with Crippen LogP contribution in [0.3, 0.4) is 0 Å². The summed E-state index contributed by atoms with van der Waals surface area (Å²) in [7, 11) is 0. The maximum absolute atomic E-state index is 13.9. The second kappa shape index (κ2) is 8.29. The average Bonchev–Trinajstić information content (AvgIpc) is 2.78. The van der Waals surface area contributed by atoms with Gasteiger partial charge in [0.2, 0.25) is 5.91 Å². The topological polar surface area (TPSA) is 53.6 Å². The van der Waals surface area contributed by atoms with Crippen LogP contribution in [-0.4, -0.2) is 16.7 Å². The van der Waals surface area contributed by atoms with Crippen molar-refractivity contribution in [3.05, 3.63) is 87.9 Å². The van der Waals surface area contributed by atoms with Gasteiger partial charge in [0.25, 0.3) is 0 Å². The van der Waals surface area contributed by atoms with Crippen molar-refractivity contribution in [2.75, 3.05) is 10.2 Å². The molecule has 3 unspecified atom stereocenters. The van der Waals surface area contributed by atoms with Crippen molar-refractivity contribution in [1.82, 2.24) is 5.32 Å². The molecule has 2 aliphatic heterocycles. The van der Waals surface area contributed by atoms with Crippen LogP contribution in [0.25, 0.3) is 0 Å². The van der Waals surface area contributed by atoms with Gasteiger partial charge in [0.05, 0.1) is 11.7 Å². The first-order valence-electron chi connectivity index (χ1n) is 11.2. The molecule has 1 fully saturated rings. The number of thiocarbonyl (C=S) groups is 1. The molecule has 3 aromatic rings. The Kier molecular flexibility index (Phi) is 5.53. The molecule has 0 spiro atoms. The zero-order valence-corrected chi connectivity index (χ0v) is 21.1. The summed E-state index contributed by atoms with van der Waals surface area (Å²) in [6, 6.07) is 18.9. The molecule has 2 aliphatic rings. The number of halogens is 1. The lowest BCUT2D eigenvalue weighted by molar-refractivity contribution is -0.130. The van der Waals surface area contributed by atoms with Gasteiger partial charge >= 0.3 is 0 Å². The van der Waals surface area contributed by atoms with Gasteiger partial charge in [-0.15, -0.1) is 0 Å². The quantitative estimate of drug-likeness (QED) is 0.436. The minimum atomic E-state index is -1.05. The van der Waals surface area contributed by atoms with Crippen molar-refractivity contribution in [3.8, 4) is 5.75 Å². The maximum atomic E-state index is 13.9. The van der Waals surface area contributed by atoms with Crippen molar-refractivity contribution >= 4 is 46.2 Å². The Labute approximate surface area is 210 Å². The van der Waals surface area contributed by atoms with Crippen LogP contribution in [-0.2, 0) is 4.79 Å².